The summed E-state index contributed by atoms with van der Waals surface area (Å²) in [4.78, 5) is 0. The minimum atomic E-state index is -2.97. The van der Waals surface area contributed by atoms with Crippen molar-refractivity contribution < 1.29 is 8.42 Å². The van der Waals surface area contributed by atoms with Gasteiger partial charge in [0.2, 0.25) is 10.0 Å². The van der Waals surface area contributed by atoms with E-state index in [-0.39, 0.29) is 6.04 Å². The van der Waals surface area contributed by atoms with E-state index in [1.54, 1.807) is 13.8 Å². The smallest absolute Gasteiger partial charge is 0.208 e. The maximum absolute atomic E-state index is 10.3. The molecule has 0 spiro atoms. The Balaban J connectivity index is 0. The maximum Gasteiger partial charge on any atom is 0.208 e. The molecule has 0 atom stereocenters. The van der Waals surface area contributed by atoms with Gasteiger partial charge in [-0.2, -0.15) is 0 Å². The first-order valence-corrected chi connectivity index (χ1v) is 6.83. The fourth-order valence-corrected chi connectivity index (χ4v) is 1.78. The van der Waals surface area contributed by atoms with Crippen LogP contribution in [0.5, 0.6) is 0 Å². The molecule has 0 radical (unpaired) electrons. The number of sulfonamides is 1. The normalized spacial score (nSPS) is 10.9. The van der Waals surface area contributed by atoms with Crippen molar-refractivity contribution in [2.45, 2.75) is 46.7 Å². The predicted molar refractivity (Wildman–Crippen MR) is 66.2 cm³/mol. The molecule has 0 aromatic carbocycles. The Morgan fingerprint density at radius 1 is 1.13 bits per heavy atom. The summed E-state index contributed by atoms with van der Waals surface area (Å²) in [5.41, 5.74) is 1.04. The molecule has 0 unspecified atom stereocenters. The van der Waals surface area contributed by atoms with Crippen molar-refractivity contribution in [3.63, 3.8) is 0 Å². The molecule has 0 heterocycles. The largest absolute Gasteiger partial charge is 0.387 e. The fraction of sp³-hybridized carbons (Fsp3) is 0.800. The van der Waals surface area contributed by atoms with Crippen LogP contribution in [0.25, 0.3) is 0 Å². The van der Waals surface area contributed by atoms with Gasteiger partial charge in [0.05, 0.1) is 6.26 Å². The zero-order chi connectivity index (χ0) is 12.6. The first-order valence-electron chi connectivity index (χ1n) is 4.94. The fourth-order valence-electron chi connectivity index (χ4n) is 0.921. The van der Waals surface area contributed by atoms with Crippen LogP contribution in [-0.2, 0) is 10.0 Å². The third-order valence-corrected chi connectivity index (χ3v) is 1.88. The summed E-state index contributed by atoms with van der Waals surface area (Å²) < 4.78 is 23.0. The number of hydrogen-bond donors (Lipinski definition) is 2. The van der Waals surface area contributed by atoms with Crippen molar-refractivity contribution in [3.8, 4) is 0 Å². The molecule has 0 aliphatic heterocycles. The van der Waals surface area contributed by atoms with Gasteiger partial charge >= 0.3 is 0 Å². The van der Waals surface area contributed by atoms with Crippen molar-refractivity contribution in [2.75, 3.05) is 6.26 Å². The van der Waals surface area contributed by atoms with Gasteiger partial charge in [-0.05, 0) is 34.6 Å². The number of rotatable bonds is 4. The van der Waals surface area contributed by atoms with Gasteiger partial charge in [-0.15, -0.1) is 0 Å². The molecule has 4 nitrogen and oxygen atoms in total. The summed E-state index contributed by atoms with van der Waals surface area (Å²) in [7, 11) is -2.97. The van der Waals surface area contributed by atoms with Gasteiger partial charge < -0.3 is 5.32 Å². The molecule has 0 rings (SSSR count). The standard InChI is InChI=1S/C6H13N.C4H11NO2S/c1-5(2)7-6(3)4;1-4(2)5-8(3,6)7/h6-7H,1H2,2-4H3;4-5H,1-3H3. The highest BCUT2D eigenvalue weighted by Gasteiger charge is 2.00. The molecular formula is C10H24N2O2S. The second-order valence-electron chi connectivity index (χ2n) is 4.12. The molecule has 2 N–H and O–H groups in total. The van der Waals surface area contributed by atoms with Crippen molar-refractivity contribution in [1.82, 2.24) is 10.0 Å². The minimum absolute atomic E-state index is 0.00463. The van der Waals surface area contributed by atoms with Crippen molar-refractivity contribution in [1.29, 1.82) is 0 Å². The molecule has 0 saturated carbocycles. The first-order chi connectivity index (χ1) is 6.54. The predicted octanol–water partition coefficient (Wildman–Crippen LogP) is 1.46. The number of nitrogens with one attached hydrogen (secondary N) is 2. The molecule has 0 aromatic rings. The zero-order valence-electron chi connectivity index (χ0n) is 10.6. The second kappa shape index (κ2) is 7.70. The molecule has 0 bridgehead atoms. The highest BCUT2D eigenvalue weighted by atomic mass is 32.2. The van der Waals surface area contributed by atoms with Gasteiger partial charge in [0, 0.05) is 17.8 Å². The van der Waals surface area contributed by atoms with Gasteiger partial charge in [-0.25, -0.2) is 13.1 Å². The summed E-state index contributed by atoms with van der Waals surface area (Å²) in [6.45, 7) is 13.4. The average Bonchev–Trinajstić information content (AvgIpc) is 1.76. The summed E-state index contributed by atoms with van der Waals surface area (Å²) in [5.74, 6) is 0. The van der Waals surface area contributed by atoms with E-state index in [0.29, 0.717) is 6.04 Å². The topological polar surface area (TPSA) is 58.2 Å². The van der Waals surface area contributed by atoms with Crippen LogP contribution in [0.15, 0.2) is 12.3 Å². The van der Waals surface area contributed by atoms with Crippen molar-refractivity contribution >= 4 is 10.0 Å². The van der Waals surface area contributed by atoms with Crippen LogP contribution in [0, 0.1) is 0 Å². The summed E-state index contributed by atoms with van der Waals surface area (Å²) in [5, 5.41) is 3.11. The second-order valence-corrected chi connectivity index (χ2v) is 5.90. The van der Waals surface area contributed by atoms with Crippen LogP contribution in [0.4, 0.5) is 0 Å². The van der Waals surface area contributed by atoms with Crippen LogP contribution in [-0.4, -0.2) is 26.8 Å². The Bertz CT molecular complexity index is 269. The van der Waals surface area contributed by atoms with Crippen molar-refractivity contribution in [2.24, 2.45) is 0 Å². The van der Waals surface area contributed by atoms with Gasteiger partial charge in [-0.3, -0.25) is 0 Å². The van der Waals surface area contributed by atoms with Gasteiger partial charge in [0.15, 0.2) is 0 Å². The third kappa shape index (κ3) is 24.7. The molecule has 0 fully saturated rings. The Labute approximate surface area is 94.2 Å². The number of allylic oxidation sites excluding steroid dienone is 1. The van der Waals surface area contributed by atoms with E-state index < -0.39 is 10.0 Å². The molecule has 0 aliphatic rings. The molecule has 15 heavy (non-hydrogen) atoms. The Kier molecular flexibility index (Phi) is 8.66. The van der Waals surface area contributed by atoms with E-state index in [4.69, 9.17) is 0 Å². The summed E-state index contributed by atoms with van der Waals surface area (Å²) in [6.07, 6.45) is 1.15. The lowest BCUT2D eigenvalue weighted by atomic mass is 10.4. The van der Waals surface area contributed by atoms with Crippen LogP contribution in [0.3, 0.4) is 0 Å². The monoisotopic (exact) mass is 236 g/mol. The van der Waals surface area contributed by atoms with E-state index in [2.05, 4.69) is 30.5 Å². The molecule has 0 aliphatic carbocycles. The van der Waals surface area contributed by atoms with E-state index in [1.165, 1.54) is 0 Å². The van der Waals surface area contributed by atoms with Gasteiger partial charge in [0.1, 0.15) is 0 Å². The summed E-state index contributed by atoms with van der Waals surface area (Å²) >= 11 is 0. The molecule has 0 aromatic heterocycles. The van der Waals surface area contributed by atoms with E-state index in [0.717, 1.165) is 12.0 Å². The lowest BCUT2D eigenvalue weighted by Crippen LogP contribution is -2.28. The zero-order valence-corrected chi connectivity index (χ0v) is 11.4. The van der Waals surface area contributed by atoms with Gasteiger partial charge in [-0.1, -0.05) is 6.58 Å². The Morgan fingerprint density at radius 2 is 1.53 bits per heavy atom. The quantitative estimate of drug-likeness (QED) is 0.777. The first kappa shape index (κ1) is 16.9. The Morgan fingerprint density at radius 3 is 1.53 bits per heavy atom. The number of hydrogen-bond acceptors (Lipinski definition) is 3. The highest BCUT2D eigenvalue weighted by molar-refractivity contribution is 7.88. The van der Waals surface area contributed by atoms with Crippen LogP contribution >= 0.6 is 0 Å². The van der Waals surface area contributed by atoms with E-state index in [1.807, 2.05) is 6.92 Å². The lowest BCUT2D eigenvalue weighted by molar-refractivity contribution is 0.576. The SMILES string of the molecule is C=C(C)NC(C)C.CC(C)NS(C)(=O)=O. The van der Waals surface area contributed by atoms with Gasteiger partial charge in [0.25, 0.3) is 0 Å². The van der Waals surface area contributed by atoms with Crippen LogP contribution < -0.4 is 10.0 Å². The molecule has 0 saturated heterocycles. The van der Waals surface area contributed by atoms with Crippen LogP contribution in [0.1, 0.15) is 34.6 Å². The maximum atomic E-state index is 10.3. The molecule has 0 amide bonds. The highest BCUT2D eigenvalue weighted by Crippen LogP contribution is 1.82. The van der Waals surface area contributed by atoms with Crippen molar-refractivity contribution in [3.05, 3.63) is 12.3 Å². The third-order valence-electron chi connectivity index (χ3n) is 0.985. The molecular weight excluding hydrogens is 212 g/mol. The minimum Gasteiger partial charge on any atom is -0.387 e. The summed E-state index contributed by atoms with van der Waals surface area (Å²) in [6, 6.07) is 0.530. The van der Waals surface area contributed by atoms with E-state index >= 15 is 0 Å². The molecule has 5 heteroatoms. The lowest BCUT2D eigenvalue weighted by Gasteiger charge is -2.06. The molecule has 92 valence electrons. The average molecular weight is 236 g/mol. The Hall–Kier alpha value is -0.550. The van der Waals surface area contributed by atoms with E-state index in [9.17, 15) is 8.42 Å². The van der Waals surface area contributed by atoms with Crippen LogP contribution in [0.2, 0.25) is 0 Å².